The number of fused-ring (bicyclic) bond motifs is 1. The van der Waals surface area contributed by atoms with Gasteiger partial charge < -0.3 is 25.2 Å². The molecule has 1 heterocycles. The molecule has 35 heavy (non-hydrogen) atoms. The van der Waals surface area contributed by atoms with Crippen molar-refractivity contribution in [3.63, 3.8) is 0 Å². The summed E-state index contributed by atoms with van der Waals surface area (Å²) in [4.78, 5) is 25.0. The molecule has 1 aromatic rings. The van der Waals surface area contributed by atoms with Gasteiger partial charge in [0.15, 0.2) is 6.10 Å². The first-order valence-electron chi connectivity index (χ1n) is 11.2. The van der Waals surface area contributed by atoms with Crippen molar-refractivity contribution in [2.45, 2.75) is 80.4 Å². The summed E-state index contributed by atoms with van der Waals surface area (Å²) >= 11 is 12.0. The zero-order chi connectivity index (χ0) is 25.2. The number of hydrogen-bond acceptors (Lipinski definition) is 6. The van der Waals surface area contributed by atoms with E-state index in [1.54, 1.807) is 0 Å². The fourth-order valence-corrected chi connectivity index (χ4v) is 5.78. The summed E-state index contributed by atoms with van der Waals surface area (Å²) in [6.07, 6.45) is -5.94. The summed E-state index contributed by atoms with van der Waals surface area (Å²) in [5.41, 5.74) is -0.379. The third-order valence-electron chi connectivity index (χ3n) is 7.04. The van der Waals surface area contributed by atoms with E-state index in [4.69, 9.17) is 32.7 Å². The van der Waals surface area contributed by atoms with Crippen LogP contribution in [0.2, 0.25) is 10.0 Å². The zero-order valence-electron chi connectivity index (χ0n) is 18.3. The van der Waals surface area contributed by atoms with Gasteiger partial charge in [-0.2, -0.15) is 0 Å². The van der Waals surface area contributed by atoms with Crippen molar-refractivity contribution in [2.75, 3.05) is 6.61 Å². The molecule has 4 aliphatic carbocycles. The number of benzene rings is 1. The van der Waals surface area contributed by atoms with Gasteiger partial charge in [-0.3, -0.25) is 14.3 Å². The number of rotatable bonds is 7. The van der Waals surface area contributed by atoms with Crippen LogP contribution in [-0.2, 0) is 19.1 Å². The first-order chi connectivity index (χ1) is 16.3. The highest BCUT2D eigenvalue weighted by Crippen LogP contribution is 2.60. The van der Waals surface area contributed by atoms with Crippen molar-refractivity contribution in [1.29, 1.82) is 0 Å². The first kappa shape index (κ1) is 24.9. The number of hydrogen-bond donors (Lipinski definition) is 3. The molecule has 2 bridgehead atoms. The summed E-state index contributed by atoms with van der Waals surface area (Å²) in [7, 11) is 0. The minimum absolute atomic E-state index is 0.0716. The lowest BCUT2D eigenvalue weighted by molar-refractivity contribution is -0.357. The average Bonchev–Trinajstić information content (AvgIpc) is 2.67. The van der Waals surface area contributed by atoms with Gasteiger partial charge in [-0.1, -0.05) is 23.2 Å². The summed E-state index contributed by atoms with van der Waals surface area (Å²) < 4.78 is 51.4. The lowest BCUT2D eigenvalue weighted by Crippen LogP contribution is -2.84. The molecule has 192 valence electrons. The SMILES string of the molecule is O=C(COC1CC(OC(F)(F)F)C1)NC12CC(NC(=O)[C@H]3C[C@@H](O)c4cc(Cl)c(Cl)cc4O3)(C1)C2. The van der Waals surface area contributed by atoms with Crippen molar-refractivity contribution in [3.8, 4) is 5.75 Å². The number of amides is 2. The number of aliphatic hydroxyl groups excluding tert-OH is 1. The number of alkyl halides is 3. The molecule has 0 spiro atoms. The van der Waals surface area contributed by atoms with Crippen LogP contribution in [0.4, 0.5) is 13.2 Å². The van der Waals surface area contributed by atoms with E-state index in [9.17, 15) is 27.9 Å². The summed E-state index contributed by atoms with van der Waals surface area (Å²) in [5.74, 6) is -0.401. The molecule has 2 atom stereocenters. The van der Waals surface area contributed by atoms with E-state index in [1.807, 2.05) is 0 Å². The number of halogens is 5. The molecule has 3 N–H and O–H groups in total. The topological polar surface area (TPSA) is 106 Å². The van der Waals surface area contributed by atoms with Crippen LogP contribution < -0.4 is 15.4 Å². The Morgan fingerprint density at radius 1 is 1.06 bits per heavy atom. The molecule has 0 unspecified atom stereocenters. The van der Waals surface area contributed by atoms with Crippen LogP contribution in [0.1, 0.15) is 50.2 Å². The number of carbonyl (C=O) groups excluding carboxylic acids is 2. The van der Waals surface area contributed by atoms with Gasteiger partial charge in [-0.05, 0) is 25.3 Å². The normalized spacial score (nSPS) is 34.9. The molecule has 1 aromatic carbocycles. The third kappa shape index (κ3) is 5.06. The van der Waals surface area contributed by atoms with E-state index in [-0.39, 0.29) is 47.7 Å². The highest BCUT2D eigenvalue weighted by Gasteiger charge is 2.69. The quantitative estimate of drug-likeness (QED) is 0.492. The van der Waals surface area contributed by atoms with Crippen LogP contribution in [0.3, 0.4) is 0 Å². The smallest absolute Gasteiger partial charge is 0.480 e. The van der Waals surface area contributed by atoms with Crippen LogP contribution in [0, 0.1) is 0 Å². The Morgan fingerprint density at radius 3 is 2.34 bits per heavy atom. The molecule has 2 amide bonds. The predicted molar refractivity (Wildman–Crippen MR) is 116 cm³/mol. The van der Waals surface area contributed by atoms with Gasteiger partial charge in [0.1, 0.15) is 12.4 Å². The van der Waals surface area contributed by atoms with Gasteiger partial charge in [0.25, 0.3) is 5.91 Å². The second kappa shape index (κ2) is 8.65. The number of aliphatic hydroxyl groups is 1. The fraction of sp³-hybridized carbons (Fsp3) is 0.636. The molecule has 6 rings (SSSR count). The number of carbonyl (C=O) groups is 2. The standard InChI is InChI=1S/C22H23Cl2F3N2O6/c23-13-3-12-15(30)5-17(34-16(12)4-14(13)24)19(32)29-21-7-20(8-21,9-21)28-18(31)6-33-10-1-11(2-10)35-22(25,26)27/h3-4,10-11,15,17,30H,1-2,5-9H2,(H,28,31)(H,29,32)/t10?,11?,15-,17-,20?,21?/m1/s1. The van der Waals surface area contributed by atoms with E-state index in [2.05, 4.69) is 15.4 Å². The summed E-state index contributed by atoms with van der Waals surface area (Å²) in [6, 6.07) is 3.00. The minimum Gasteiger partial charge on any atom is -0.480 e. The lowest BCUT2D eigenvalue weighted by Gasteiger charge is -2.70. The average molecular weight is 539 g/mol. The molecule has 0 radical (unpaired) electrons. The van der Waals surface area contributed by atoms with E-state index in [1.165, 1.54) is 12.1 Å². The highest BCUT2D eigenvalue weighted by molar-refractivity contribution is 6.42. The Hall–Kier alpha value is -1.79. The minimum atomic E-state index is -4.67. The Kier molecular flexibility index (Phi) is 6.15. The van der Waals surface area contributed by atoms with Crippen molar-refractivity contribution in [3.05, 3.63) is 27.7 Å². The highest BCUT2D eigenvalue weighted by atomic mass is 35.5. The Labute approximate surface area is 208 Å². The van der Waals surface area contributed by atoms with Gasteiger partial charge in [-0.25, -0.2) is 0 Å². The van der Waals surface area contributed by atoms with Gasteiger partial charge in [0.05, 0.1) is 28.4 Å². The van der Waals surface area contributed by atoms with Crippen LogP contribution in [0.25, 0.3) is 0 Å². The Balaban J connectivity index is 1.04. The van der Waals surface area contributed by atoms with Crippen LogP contribution in [0.5, 0.6) is 5.75 Å². The van der Waals surface area contributed by atoms with E-state index in [0.29, 0.717) is 30.6 Å². The van der Waals surface area contributed by atoms with E-state index >= 15 is 0 Å². The molecule has 0 saturated heterocycles. The molecular formula is C22H23Cl2F3N2O6. The molecule has 4 saturated carbocycles. The van der Waals surface area contributed by atoms with Crippen molar-refractivity contribution in [2.24, 2.45) is 0 Å². The van der Waals surface area contributed by atoms with Gasteiger partial charge in [0.2, 0.25) is 5.91 Å². The van der Waals surface area contributed by atoms with Crippen LogP contribution >= 0.6 is 23.2 Å². The molecule has 13 heteroatoms. The van der Waals surface area contributed by atoms with Gasteiger partial charge in [0, 0.05) is 42.0 Å². The van der Waals surface area contributed by atoms with Crippen molar-refractivity contribution in [1.82, 2.24) is 10.6 Å². The molecular weight excluding hydrogens is 516 g/mol. The third-order valence-corrected chi connectivity index (χ3v) is 7.76. The molecule has 5 aliphatic rings. The maximum absolute atomic E-state index is 12.8. The summed E-state index contributed by atoms with van der Waals surface area (Å²) in [6.45, 7) is -0.246. The maximum atomic E-state index is 12.8. The molecule has 1 aliphatic heterocycles. The van der Waals surface area contributed by atoms with E-state index in [0.717, 1.165) is 0 Å². The summed E-state index contributed by atoms with van der Waals surface area (Å²) in [5, 5.41) is 16.8. The molecule has 0 aromatic heterocycles. The number of ether oxygens (including phenoxy) is 3. The Morgan fingerprint density at radius 2 is 1.69 bits per heavy atom. The molecule has 8 nitrogen and oxygen atoms in total. The number of nitrogens with one attached hydrogen (secondary N) is 2. The van der Waals surface area contributed by atoms with Gasteiger partial charge >= 0.3 is 6.36 Å². The second-order valence-corrected chi connectivity index (χ2v) is 10.7. The zero-order valence-corrected chi connectivity index (χ0v) is 19.8. The largest absolute Gasteiger partial charge is 0.522 e. The lowest BCUT2D eigenvalue weighted by atomic mass is 9.44. The van der Waals surface area contributed by atoms with Crippen LogP contribution in [0.15, 0.2) is 12.1 Å². The van der Waals surface area contributed by atoms with Crippen molar-refractivity contribution < 1.29 is 42.1 Å². The van der Waals surface area contributed by atoms with Gasteiger partial charge in [-0.15, -0.1) is 13.2 Å². The van der Waals surface area contributed by atoms with E-state index < -0.39 is 41.9 Å². The molecule has 4 fully saturated rings. The first-order valence-corrected chi connectivity index (χ1v) is 11.9. The maximum Gasteiger partial charge on any atom is 0.522 e. The Bertz CT molecular complexity index is 1030. The van der Waals surface area contributed by atoms with Crippen LogP contribution in [-0.4, -0.2) is 59.3 Å². The monoisotopic (exact) mass is 538 g/mol. The fourth-order valence-electron chi connectivity index (χ4n) is 5.46. The van der Waals surface area contributed by atoms with Crippen molar-refractivity contribution >= 4 is 35.0 Å². The predicted octanol–water partition coefficient (Wildman–Crippen LogP) is 3.17. The second-order valence-electron chi connectivity index (χ2n) is 9.88.